The van der Waals surface area contributed by atoms with Crippen molar-refractivity contribution in [1.29, 1.82) is 0 Å². The Bertz CT molecular complexity index is 399. The van der Waals surface area contributed by atoms with E-state index in [1.165, 1.54) is 0 Å². The molecule has 0 aromatic heterocycles. The van der Waals surface area contributed by atoms with Gasteiger partial charge in [0.1, 0.15) is 0 Å². The van der Waals surface area contributed by atoms with Crippen LogP contribution < -0.4 is 5.32 Å². The predicted molar refractivity (Wildman–Crippen MR) is 76.7 cm³/mol. The first-order valence-electron chi connectivity index (χ1n) is 5.57. The van der Waals surface area contributed by atoms with E-state index in [1.54, 1.807) is 6.07 Å². The van der Waals surface area contributed by atoms with Crippen molar-refractivity contribution in [3.05, 3.63) is 32.7 Å². The van der Waals surface area contributed by atoms with Gasteiger partial charge in [-0.25, -0.2) is 0 Å². The predicted octanol–water partition coefficient (Wildman–Crippen LogP) is 2.34. The molecule has 0 heterocycles. The molecule has 0 aliphatic rings. The van der Waals surface area contributed by atoms with Crippen LogP contribution in [0.5, 0.6) is 0 Å². The summed E-state index contributed by atoms with van der Waals surface area (Å²) in [4.78, 5) is 11.8. The summed E-state index contributed by atoms with van der Waals surface area (Å²) in [5.41, 5.74) is 0.606. The second kappa shape index (κ2) is 8.63. The number of carbonyl (C=O) groups excluding carboxylic acids is 1. The summed E-state index contributed by atoms with van der Waals surface area (Å²) in [7, 11) is 0. The van der Waals surface area contributed by atoms with Gasteiger partial charge in [0.15, 0.2) is 0 Å². The van der Waals surface area contributed by atoms with E-state index in [9.17, 15) is 4.79 Å². The molecule has 0 spiro atoms. The van der Waals surface area contributed by atoms with E-state index in [0.717, 1.165) is 15.4 Å². The molecule has 0 saturated carbocycles. The third kappa shape index (κ3) is 5.48. The van der Waals surface area contributed by atoms with E-state index >= 15 is 0 Å². The van der Waals surface area contributed by atoms with Gasteiger partial charge >= 0.3 is 0 Å². The molecule has 0 saturated heterocycles. The lowest BCUT2D eigenvalue weighted by atomic mass is 10.2. The van der Waals surface area contributed by atoms with Crippen LogP contribution in [0.15, 0.2) is 27.1 Å². The molecule has 1 aromatic carbocycles. The van der Waals surface area contributed by atoms with Crippen LogP contribution in [0.2, 0.25) is 0 Å². The zero-order valence-electron chi connectivity index (χ0n) is 9.79. The monoisotopic (exact) mass is 379 g/mol. The number of benzene rings is 1. The third-order valence-electron chi connectivity index (χ3n) is 2.16. The smallest absolute Gasteiger partial charge is 0.252 e. The minimum absolute atomic E-state index is 0.0260. The minimum atomic E-state index is -0.114. The van der Waals surface area contributed by atoms with Crippen molar-refractivity contribution in [1.82, 2.24) is 5.32 Å². The van der Waals surface area contributed by atoms with E-state index in [0.29, 0.717) is 25.3 Å². The Hall–Kier alpha value is -0.430. The lowest BCUT2D eigenvalue weighted by molar-refractivity contribution is 0.0867. The highest BCUT2D eigenvalue weighted by molar-refractivity contribution is 9.11. The molecule has 0 unspecified atom stereocenters. The molecule has 0 fully saturated rings. The van der Waals surface area contributed by atoms with E-state index in [-0.39, 0.29) is 12.5 Å². The molecule has 0 atom stereocenters. The van der Waals surface area contributed by atoms with Gasteiger partial charge in [0.05, 0.1) is 18.8 Å². The number of amides is 1. The highest BCUT2D eigenvalue weighted by Crippen LogP contribution is 2.21. The van der Waals surface area contributed by atoms with E-state index < -0.39 is 0 Å². The van der Waals surface area contributed by atoms with Crippen LogP contribution >= 0.6 is 31.9 Å². The maximum atomic E-state index is 11.8. The number of carbonyl (C=O) groups is 1. The van der Waals surface area contributed by atoms with Gasteiger partial charge < -0.3 is 15.2 Å². The Balaban J connectivity index is 2.32. The molecular formula is C12H15Br2NO3. The summed E-state index contributed by atoms with van der Waals surface area (Å²) < 4.78 is 6.77. The Morgan fingerprint density at radius 2 is 2.11 bits per heavy atom. The number of aliphatic hydroxyl groups excluding tert-OH is 1. The van der Waals surface area contributed by atoms with Gasteiger partial charge in [0.25, 0.3) is 5.91 Å². The molecule has 2 N–H and O–H groups in total. The van der Waals surface area contributed by atoms with Crippen LogP contribution in [0.1, 0.15) is 16.8 Å². The van der Waals surface area contributed by atoms with E-state index in [4.69, 9.17) is 9.84 Å². The lowest BCUT2D eigenvalue weighted by Crippen LogP contribution is -2.25. The van der Waals surface area contributed by atoms with Gasteiger partial charge in [-0.3, -0.25) is 4.79 Å². The van der Waals surface area contributed by atoms with Crippen molar-refractivity contribution < 1.29 is 14.6 Å². The van der Waals surface area contributed by atoms with Gasteiger partial charge in [-0.05, 0) is 40.5 Å². The number of halogens is 2. The molecule has 1 amide bonds. The zero-order valence-corrected chi connectivity index (χ0v) is 13.0. The summed E-state index contributed by atoms with van der Waals surface area (Å²) in [6.07, 6.45) is 0.722. The Kier molecular flexibility index (Phi) is 7.50. The van der Waals surface area contributed by atoms with Crippen LogP contribution in [-0.2, 0) is 4.74 Å². The molecule has 18 heavy (non-hydrogen) atoms. The second-order valence-corrected chi connectivity index (χ2v) is 5.34. The zero-order chi connectivity index (χ0) is 13.4. The summed E-state index contributed by atoms with van der Waals surface area (Å²) in [6.45, 7) is 1.44. The van der Waals surface area contributed by atoms with Crippen LogP contribution in [0, 0.1) is 0 Å². The van der Waals surface area contributed by atoms with Crippen LogP contribution in [0.25, 0.3) is 0 Å². The molecular weight excluding hydrogens is 366 g/mol. The van der Waals surface area contributed by atoms with Crippen molar-refractivity contribution in [3.63, 3.8) is 0 Å². The average Bonchev–Trinajstić information content (AvgIpc) is 2.33. The van der Waals surface area contributed by atoms with Gasteiger partial charge in [-0.2, -0.15) is 0 Å². The van der Waals surface area contributed by atoms with E-state index in [2.05, 4.69) is 37.2 Å². The molecule has 0 aliphatic heterocycles. The Morgan fingerprint density at radius 3 is 2.78 bits per heavy atom. The van der Waals surface area contributed by atoms with Gasteiger partial charge in [-0.15, -0.1) is 0 Å². The normalized spacial score (nSPS) is 10.4. The summed E-state index contributed by atoms with van der Waals surface area (Å²) in [5, 5.41) is 11.3. The first kappa shape index (κ1) is 15.6. The molecule has 4 nitrogen and oxygen atoms in total. The number of nitrogens with one attached hydrogen (secondary N) is 1. The average molecular weight is 381 g/mol. The number of hydrogen-bond donors (Lipinski definition) is 2. The molecule has 1 rings (SSSR count). The van der Waals surface area contributed by atoms with E-state index in [1.807, 2.05) is 12.1 Å². The highest BCUT2D eigenvalue weighted by Gasteiger charge is 2.09. The molecule has 0 bridgehead atoms. The number of ether oxygens (including phenoxy) is 1. The number of rotatable bonds is 7. The van der Waals surface area contributed by atoms with Crippen LogP contribution in [0.4, 0.5) is 0 Å². The second-order valence-electron chi connectivity index (χ2n) is 3.57. The largest absolute Gasteiger partial charge is 0.394 e. The maximum Gasteiger partial charge on any atom is 0.252 e. The fraction of sp³-hybridized carbons (Fsp3) is 0.417. The first-order valence-corrected chi connectivity index (χ1v) is 7.15. The fourth-order valence-corrected chi connectivity index (χ4v) is 2.54. The van der Waals surface area contributed by atoms with Crippen molar-refractivity contribution in [2.75, 3.05) is 26.4 Å². The van der Waals surface area contributed by atoms with Crippen molar-refractivity contribution >= 4 is 37.8 Å². The third-order valence-corrected chi connectivity index (χ3v) is 3.31. The maximum absolute atomic E-state index is 11.8. The van der Waals surface area contributed by atoms with Gasteiger partial charge in [0, 0.05) is 22.1 Å². The standard InChI is InChI=1S/C12H15Br2NO3/c13-9-2-3-10(11(14)8-9)12(17)15-4-1-6-18-7-5-16/h2-3,8,16H,1,4-7H2,(H,15,17). The molecule has 1 aromatic rings. The molecule has 100 valence electrons. The number of hydrogen-bond acceptors (Lipinski definition) is 3. The topological polar surface area (TPSA) is 58.6 Å². The minimum Gasteiger partial charge on any atom is -0.394 e. The quantitative estimate of drug-likeness (QED) is 0.714. The summed E-state index contributed by atoms with van der Waals surface area (Å²) >= 11 is 6.68. The Labute approximate surface area is 123 Å². The number of aliphatic hydroxyl groups is 1. The van der Waals surface area contributed by atoms with Crippen LogP contribution in [-0.4, -0.2) is 37.4 Å². The summed E-state index contributed by atoms with van der Waals surface area (Å²) in [5.74, 6) is -0.114. The van der Waals surface area contributed by atoms with Crippen molar-refractivity contribution in [2.45, 2.75) is 6.42 Å². The summed E-state index contributed by atoms with van der Waals surface area (Å²) in [6, 6.07) is 5.41. The first-order chi connectivity index (χ1) is 8.65. The van der Waals surface area contributed by atoms with Crippen molar-refractivity contribution in [2.24, 2.45) is 0 Å². The Morgan fingerprint density at radius 1 is 1.33 bits per heavy atom. The fourth-order valence-electron chi connectivity index (χ4n) is 1.31. The molecule has 0 radical (unpaired) electrons. The SMILES string of the molecule is O=C(NCCCOCCO)c1ccc(Br)cc1Br. The molecule has 6 heteroatoms. The van der Waals surface area contributed by atoms with Crippen LogP contribution in [0.3, 0.4) is 0 Å². The van der Waals surface area contributed by atoms with Crippen molar-refractivity contribution in [3.8, 4) is 0 Å². The van der Waals surface area contributed by atoms with Gasteiger partial charge in [0.2, 0.25) is 0 Å². The lowest BCUT2D eigenvalue weighted by Gasteiger charge is -2.07. The van der Waals surface area contributed by atoms with Gasteiger partial charge in [-0.1, -0.05) is 15.9 Å². The molecule has 0 aliphatic carbocycles. The highest BCUT2D eigenvalue weighted by atomic mass is 79.9.